The number of allylic oxidation sites excluding steroid dienone is 22. The quantitative estimate of drug-likeness (QED) is 0.0146. The molecule has 0 fully saturated rings. The van der Waals surface area contributed by atoms with Crippen LogP contribution in [0.4, 0.5) is 0 Å². The third-order valence-electron chi connectivity index (χ3n) is 17.3. The molecule has 0 heterocycles. The fourth-order valence-electron chi connectivity index (χ4n) is 11.0. The van der Waals surface area contributed by atoms with E-state index >= 15 is 0 Å². The zero-order valence-corrected chi connectivity index (χ0v) is 67.9. The summed E-state index contributed by atoms with van der Waals surface area (Å²) in [5.74, 6) is -1.60. The molecule has 0 aromatic rings. The van der Waals surface area contributed by atoms with Crippen LogP contribution in [-0.4, -0.2) is 95.9 Å². The van der Waals surface area contributed by atoms with Crippen molar-refractivity contribution >= 4 is 33.6 Å². The summed E-state index contributed by atoms with van der Waals surface area (Å²) in [4.78, 5) is 58.7. The molecule has 0 aromatic heterocycles. The maximum atomic E-state index is 13.0. The lowest BCUT2D eigenvalue weighted by atomic mass is 10.0. The topological polar surface area (TPSA) is 231 Å². The molecule has 0 saturated carbocycles. The largest absolute Gasteiger partial charge is 0.472 e. The Morgan fingerprint density at radius 1 is 0.276 bits per heavy atom. The van der Waals surface area contributed by atoms with Crippen molar-refractivity contribution in [2.75, 3.05) is 39.6 Å². The molecule has 0 aliphatic rings. The molecule has 604 valence electrons. The van der Waals surface area contributed by atoms with Crippen LogP contribution in [0.25, 0.3) is 0 Å². The number of aliphatic hydroxyl groups excluding tert-OH is 2. The average molecular weight is 1510 g/mol. The van der Waals surface area contributed by atoms with E-state index in [1.165, 1.54) is 122 Å². The first kappa shape index (κ1) is 101. The summed E-state index contributed by atoms with van der Waals surface area (Å²) in [6.07, 6.45) is 96.4. The van der Waals surface area contributed by atoms with Gasteiger partial charge in [0.05, 0.1) is 26.4 Å². The van der Waals surface area contributed by atoms with Crippen LogP contribution in [0.3, 0.4) is 0 Å². The lowest BCUT2D eigenvalue weighted by molar-refractivity contribution is -0.161. The van der Waals surface area contributed by atoms with Crippen molar-refractivity contribution in [1.82, 2.24) is 0 Å². The van der Waals surface area contributed by atoms with E-state index in [2.05, 4.69) is 154 Å². The molecule has 4 N–H and O–H groups in total. The van der Waals surface area contributed by atoms with E-state index in [1.54, 1.807) is 0 Å². The minimum atomic E-state index is -4.94. The Balaban J connectivity index is 4.51. The number of hydrogen-bond donors (Lipinski definition) is 4. The molecule has 5 atom stereocenters. The van der Waals surface area contributed by atoms with Gasteiger partial charge in [-0.1, -0.05) is 315 Å². The van der Waals surface area contributed by atoms with Gasteiger partial charge in [0.2, 0.25) is 0 Å². The third kappa shape index (κ3) is 80.5. The fourth-order valence-corrected chi connectivity index (χ4v) is 12.6. The summed E-state index contributed by atoms with van der Waals surface area (Å²) in [6, 6.07) is 0. The van der Waals surface area contributed by atoms with Gasteiger partial charge in [-0.15, -0.1) is 0 Å². The van der Waals surface area contributed by atoms with Crippen molar-refractivity contribution in [1.29, 1.82) is 0 Å². The van der Waals surface area contributed by atoms with E-state index in [0.717, 1.165) is 161 Å². The number of ether oxygens (including phenoxy) is 3. The van der Waals surface area contributed by atoms with Crippen molar-refractivity contribution < 1.29 is 75.8 Å². The number of unbranched alkanes of at least 4 members (excludes halogenated alkanes) is 33. The van der Waals surface area contributed by atoms with Crippen molar-refractivity contribution in [2.24, 2.45) is 0 Å². The number of rotatable bonds is 78. The Labute approximate surface area is 639 Å². The summed E-state index contributed by atoms with van der Waals surface area (Å²) in [6.45, 7) is 2.51. The maximum Gasteiger partial charge on any atom is 0.472 e. The Morgan fingerprint density at radius 2 is 0.505 bits per heavy atom. The van der Waals surface area contributed by atoms with Crippen molar-refractivity contribution in [3.63, 3.8) is 0 Å². The Morgan fingerprint density at radius 3 is 0.800 bits per heavy atom. The van der Waals surface area contributed by atoms with Crippen LogP contribution in [0.1, 0.15) is 342 Å². The zero-order valence-electron chi connectivity index (χ0n) is 66.1. The molecule has 0 saturated heterocycles. The van der Waals surface area contributed by atoms with Crippen LogP contribution >= 0.6 is 15.6 Å². The van der Waals surface area contributed by atoms with Gasteiger partial charge in [0.1, 0.15) is 25.4 Å². The first-order chi connectivity index (χ1) is 51.2. The van der Waals surface area contributed by atoms with Crippen LogP contribution in [0, 0.1) is 0 Å². The summed E-state index contributed by atoms with van der Waals surface area (Å²) >= 11 is 0. The van der Waals surface area contributed by atoms with Gasteiger partial charge < -0.3 is 34.2 Å². The van der Waals surface area contributed by atoms with E-state index < -0.39 is 91.5 Å². The minimum Gasteiger partial charge on any atom is -0.463 e. The highest BCUT2D eigenvalue weighted by atomic mass is 31.2. The standard InChI is InChI=1S/C87H150O16P2/c1-4-7-10-13-16-19-22-25-28-30-32-34-36-37-38-39-40-41-42-43-45-47-48-50-53-55-58-61-64-67-70-73-85(90)97-76-82(88)77-99-104(93,94)100-78-83(89)79-101-105(95,96)102-81-84(103-87(92)75-72-69-66-63-60-57-52-27-24-21-18-15-12-9-6-3)80-98-86(91)74-71-68-65-62-59-56-54-51-49-46-44-35-33-31-29-26-23-20-17-14-11-8-5-2/h8,11,16-21,25-29,32-35,37-38,46,49,52,82-84,88-89H,4-7,9-10,12-15,22-24,30-31,36,39-45,47-48,50-51,53-81H2,1-3H3,(H,93,94)(H,95,96)/b11-8-,19-16-,20-17-,21-18-,28-25-,29-26-,34-32-,35-33-,38-37-,49-46-,52-27-. The number of phosphoric ester groups is 2. The first-order valence-corrected chi connectivity index (χ1v) is 44.5. The van der Waals surface area contributed by atoms with E-state index in [1.807, 2.05) is 0 Å². The lowest BCUT2D eigenvalue weighted by Gasteiger charge is -2.21. The molecule has 0 aromatic carbocycles. The fraction of sp³-hybridized carbons (Fsp3) is 0.713. The van der Waals surface area contributed by atoms with Crippen LogP contribution < -0.4 is 0 Å². The van der Waals surface area contributed by atoms with Crippen molar-refractivity contribution in [3.05, 3.63) is 134 Å². The van der Waals surface area contributed by atoms with Gasteiger partial charge in [0, 0.05) is 19.3 Å². The lowest BCUT2D eigenvalue weighted by Crippen LogP contribution is -2.30. The predicted molar refractivity (Wildman–Crippen MR) is 436 cm³/mol. The Hall–Kier alpha value is -4.31. The molecule has 0 rings (SSSR count). The van der Waals surface area contributed by atoms with Gasteiger partial charge in [-0.3, -0.25) is 32.5 Å². The molecular weight excluding hydrogens is 1360 g/mol. The molecule has 5 unspecified atom stereocenters. The van der Waals surface area contributed by atoms with E-state index in [-0.39, 0.29) is 19.3 Å². The van der Waals surface area contributed by atoms with Gasteiger partial charge in [-0.2, -0.15) is 0 Å². The third-order valence-corrected chi connectivity index (χ3v) is 19.2. The molecule has 0 aliphatic heterocycles. The second-order valence-electron chi connectivity index (χ2n) is 27.5. The van der Waals surface area contributed by atoms with Crippen LogP contribution in [0.2, 0.25) is 0 Å². The number of hydrogen-bond acceptors (Lipinski definition) is 14. The van der Waals surface area contributed by atoms with Crippen molar-refractivity contribution in [2.45, 2.75) is 360 Å². The average Bonchev–Trinajstić information content (AvgIpc) is 0.920. The highest BCUT2D eigenvalue weighted by Crippen LogP contribution is 2.45. The van der Waals surface area contributed by atoms with Crippen LogP contribution in [0.15, 0.2) is 134 Å². The van der Waals surface area contributed by atoms with Gasteiger partial charge in [0.25, 0.3) is 0 Å². The number of esters is 3. The van der Waals surface area contributed by atoms with Crippen LogP contribution in [-0.2, 0) is 55.8 Å². The predicted octanol–water partition coefficient (Wildman–Crippen LogP) is 24.7. The second kappa shape index (κ2) is 79.2. The molecule has 0 radical (unpaired) electrons. The highest BCUT2D eigenvalue weighted by Gasteiger charge is 2.29. The second-order valence-corrected chi connectivity index (χ2v) is 30.4. The van der Waals surface area contributed by atoms with Gasteiger partial charge >= 0.3 is 33.6 Å². The molecule has 0 bridgehead atoms. The Kier molecular flexibility index (Phi) is 76.0. The number of carbonyl (C=O) groups is 3. The summed E-state index contributed by atoms with van der Waals surface area (Å²) in [7, 11) is -9.80. The van der Waals surface area contributed by atoms with Crippen molar-refractivity contribution in [3.8, 4) is 0 Å². The number of phosphoric acid groups is 2. The maximum absolute atomic E-state index is 13.0. The molecule has 18 heteroatoms. The number of carbonyl (C=O) groups excluding carboxylic acids is 3. The zero-order chi connectivity index (χ0) is 76.6. The Bertz CT molecular complexity index is 2440. The van der Waals surface area contributed by atoms with E-state index in [9.17, 15) is 43.5 Å². The van der Waals surface area contributed by atoms with Gasteiger partial charge in [-0.05, 0) is 141 Å². The first-order valence-electron chi connectivity index (χ1n) is 41.5. The molecule has 105 heavy (non-hydrogen) atoms. The summed E-state index contributed by atoms with van der Waals surface area (Å²) in [5, 5.41) is 20.7. The summed E-state index contributed by atoms with van der Waals surface area (Å²) in [5.41, 5.74) is 0. The minimum absolute atomic E-state index is 0.0835. The molecule has 0 aliphatic carbocycles. The van der Waals surface area contributed by atoms with E-state index in [4.69, 9.17) is 32.3 Å². The number of aliphatic hydroxyl groups is 2. The van der Waals surface area contributed by atoms with E-state index in [0.29, 0.717) is 19.3 Å². The highest BCUT2D eigenvalue weighted by molar-refractivity contribution is 7.47. The SMILES string of the molecule is CC/C=C\C/C=C\C/C=C\C/C=C\C/C=C\CCCCCCCCCC(=O)OCC(COP(=O)(O)OCC(O)COP(=O)(O)OCC(O)COC(=O)CCCCCCCCCCCCCCCCC/C=C\C/C=C\C/C=C\C/C=C\CCCCC)OC(=O)CCCCCCC/C=C\C/C=C\CCCCC. The van der Waals surface area contributed by atoms with Gasteiger partial charge in [0.15, 0.2) is 6.10 Å². The molecular formula is C87H150O16P2. The molecule has 0 amide bonds. The summed E-state index contributed by atoms with van der Waals surface area (Å²) < 4.78 is 61.2. The normalized spacial score (nSPS) is 14.6. The van der Waals surface area contributed by atoms with Gasteiger partial charge in [-0.25, -0.2) is 9.13 Å². The smallest absolute Gasteiger partial charge is 0.463 e. The molecule has 0 spiro atoms. The molecule has 16 nitrogen and oxygen atoms in total. The van der Waals surface area contributed by atoms with Crippen LogP contribution in [0.5, 0.6) is 0 Å². The monoisotopic (exact) mass is 1510 g/mol.